The Kier molecular flexibility index (Phi) is 5.53. The molecule has 0 aliphatic carbocycles. The Hall–Kier alpha value is -0.830. The molecule has 0 aliphatic rings. The van der Waals surface area contributed by atoms with E-state index < -0.39 is 0 Å². The van der Waals surface area contributed by atoms with Crippen LogP contribution >= 0.6 is 0 Å². The first-order valence-electron chi connectivity index (χ1n) is 6.43. The van der Waals surface area contributed by atoms with Crippen LogP contribution < -0.4 is 0 Å². The first kappa shape index (κ1) is 13.2. The molecule has 3 nitrogen and oxygen atoms in total. The summed E-state index contributed by atoms with van der Waals surface area (Å²) in [4.78, 5) is 0. The van der Waals surface area contributed by atoms with Crippen LogP contribution in [0.2, 0.25) is 0 Å². The van der Waals surface area contributed by atoms with Crippen LogP contribution in [0.1, 0.15) is 58.1 Å². The Morgan fingerprint density at radius 3 is 2.62 bits per heavy atom. The predicted octanol–water partition coefficient (Wildman–Crippen LogP) is 3.15. The molecular weight excluding hydrogens is 200 g/mol. The summed E-state index contributed by atoms with van der Waals surface area (Å²) in [5.41, 5.74) is 0.963. The minimum atomic E-state index is -0.350. The minimum absolute atomic E-state index is 0.350. The van der Waals surface area contributed by atoms with Crippen molar-refractivity contribution in [3.05, 3.63) is 18.0 Å². The summed E-state index contributed by atoms with van der Waals surface area (Å²) in [7, 11) is 0. The summed E-state index contributed by atoms with van der Waals surface area (Å²) in [6, 6.07) is 0. The maximum absolute atomic E-state index is 10.3. The van der Waals surface area contributed by atoms with Crippen molar-refractivity contribution in [3.8, 4) is 0 Å². The number of aliphatic hydroxyl groups excluding tert-OH is 1. The molecule has 16 heavy (non-hydrogen) atoms. The summed E-state index contributed by atoms with van der Waals surface area (Å²) in [5, 5.41) is 14.5. The van der Waals surface area contributed by atoms with Gasteiger partial charge < -0.3 is 5.11 Å². The maximum atomic E-state index is 10.3. The van der Waals surface area contributed by atoms with Gasteiger partial charge in [0.05, 0.1) is 12.3 Å². The third-order valence-electron chi connectivity index (χ3n) is 3.22. The van der Waals surface area contributed by atoms with Gasteiger partial charge in [-0.15, -0.1) is 0 Å². The molecule has 1 N–H and O–H groups in total. The van der Waals surface area contributed by atoms with Gasteiger partial charge in [-0.2, -0.15) is 5.10 Å². The van der Waals surface area contributed by atoms with Crippen LogP contribution in [0.5, 0.6) is 0 Å². The minimum Gasteiger partial charge on any atom is -0.388 e. The molecule has 2 unspecified atom stereocenters. The Morgan fingerprint density at radius 2 is 2.12 bits per heavy atom. The zero-order valence-electron chi connectivity index (χ0n) is 10.7. The van der Waals surface area contributed by atoms with E-state index >= 15 is 0 Å². The first-order valence-corrected chi connectivity index (χ1v) is 6.43. The fourth-order valence-corrected chi connectivity index (χ4v) is 2.03. The van der Waals surface area contributed by atoms with Crippen LogP contribution in [0, 0.1) is 5.92 Å². The van der Waals surface area contributed by atoms with Gasteiger partial charge in [-0.1, -0.05) is 33.1 Å². The van der Waals surface area contributed by atoms with Crippen LogP contribution in [0.4, 0.5) is 0 Å². The number of hydrogen-bond donors (Lipinski definition) is 1. The molecule has 2 atom stereocenters. The summed E-state index contributed by atoms with van der Waals surface area (Å²) in [5.74, 6) is 0.370. The second kappa shape index (κ2) is 6.69. The summed E-state index contributed by atoms with van der Waals surface area (Å²) in [6.45, 7) is 7.25. The second-order valence-electron chi connectivity index (χ2n) is 4.38. The lowest BCUT2D eigenvalue weighted by Gasteiger charge is -2.20. The second-order valence-corrected chi connectivity index (χ2v) is 4.38. The lowest BCUT2D eigenvalue weighted by molar-refractivity contribution is 0.0988. The van der Waals surface area contributed by atoms with E-state index in [4.69, 9.17) is 0 Å². The fraction of sp³-hybridized carbons (Fsp3) is 0.769. The van der Waals surface area contributed by atoms with Crippen molar-refractivity contribution < 1.29 is 5.11 Å². The summed E-state index contributed by atoms with van der Waals surface area (Å²) in [6.07, 6.45) is 7.91. The van der Waals surface area contributed by atoms with Gasteiger partial charge >= 0.3 is 0 Å². The molecule has 1 aromatic rings. The number of aryl methyl sites for hydroxylation is 1. The van der Waals surface area contributed by atoms with Crippen LogP contribution in [0.25, 0.3) is 0 Å². The quantitative estimate of drug-likeness (QED) is 0.772. The van der Waals surface area contributed by atoms with Crippen molar-refractivity contribution in [2.75, 3.05) is 0 Å². The predicted molar refractivity (Wildman–Crippen MR) is 66.2 cm³/mol. The highest BCUT2D eigenvalue weighted by Gasteiger charge is 2.19. The van der Waals surface area contributed by atoms with Crippen molar-refractivity contribution in [2.24, 2.45) is 5.92 Å². The molecule has 0 radical (unpaired) electrons. The Bertz CT molecular complexity index is 296. The number of nitrogens with zero attached hydrogens (tertiary/aromatic N) is 2. The van der Waals surface area contributed by atoms with Crippen LogP contribution in [0.3, 0.4) is 0 Å². The smallest absolute Gasteiger partial charge is 0.0848 e. The first-order chi connectivity index (χ1) is 7.72. The standard InChI is InChI=1S/C13H24N2O/c1-4-7-8-11(5-2)13(16)12-9-14-15(6-3)10-12/h9-11,13,16H,4-8H2,1-3H3. The van der Waals surface area contributed by atoms with E-state index in [9.17, 15) is 5.11 Å². The number of unbranched alkanes of at least 4 members (excludes halogenated alkanes) is 1. The van der Waals surface area contributed by atoms with E-state index in [1.165, 1.54) is 12.8 Å². The van der Waals surface area contributed by atoms with Crippen molar-refractivity contribution >= 4 is 0 Å². The normalized spacial score (nSPS) is 15.0. The zero-order chi connectivity index (χ0) is 12.0. The summed E-state index contributed by atoms with van der Waals surface area (Å²) < 4.78 is 1.87. The SMILES string of the molecule is CCCCC(CC)C(O)c1cnn(CC)c1. The van der Waals surface area contributed by atoms with Crippen molar-refractivity contribution in [3.63, 3.8) is 0 Å². The largest absolute Gasteiger partial charge is 0.388 e. The molecule has 3 heteroatoms. The lowest BCUT2D eigenvalue weighted by Crippen LogP contribution is -2.11. The fourth-order valence-electron chi connectivity index (χ4n) is 2.03. The Balaban J connectivity index is 2.62. The molecular formula is C13H24N2O. The van der Waals surface area contributed by atoms with E-state index in [0.29, 0.717) is 5.92 Å². The third-order valence-corrected chi connectivity index (χ3v) is 3.22. The molecule has 92 valence electrons. The van der Waals surface area contributed by atoms with E-state index in [2.05, 4.69) is 25.9 Å². The van der Waals surface area contributed by atoms with E-state index in [1.54, 1.807) is 6.20 Å². The van der Waals surface area contributed by atoms with Crippen molar-refractivity contribution in [1.29, 1.82) is 0 Å². The molecule has 0 spiro atoms. The number of aliphatic hydroxyl groups is 1. The van der Waals surface area contributed by atoms with Crippen LogP contribution in [-0.2, 0) is 6.54 Å². The zero-order valence-corrected chi connectivity index (χ0v) is 10.7. The van der Waals surface area contributed by atoms with Crippen molar-refractivity contribution in [1.82, 2.24) is 9.78 Å². The van der Waals surface area contributed by atoms with Gasteiger partial charge in [-0.3, -0.25) is 4.68 Å². The highest BCUT2D eigenvalue weighted by Crippen LogP contribution is 2.28. The Labute approximate surface area is 98.5 Å². The molecule has 1 aromatic heterocycles. The molecule has 0 fully saturated rings. The van der Waals surface area contributed by atoms with Gasteiger partial charge in [0.25, 0.3) is 0 Å². The molecule has 0 bridgehead atoms. The molecule has 0 saturated heterocycles. The topological polar surface area (TPSA) is 38.1 Å². The molecule has 0 amide bonds. The summed E-state index contributed by atoms with van der Waals surface area (Å²) >= 11 is 0. The van der Waals surface area contributed by atoms with Gasteiger partial charge in [-0.05, 0) is 19.3 Å². The van der Waals surface area contributed by atoms with Crippen molar-refractivity contribution in [2.45, 2.75) is 59.1 Å². The highest BCUT2D eigenvalue weighted by atomic mass is 16.3. The van der Waals surface area contributed by atoms with Crippen LogP contribution in [0.15, 0.2) is 12.4 Å². The molecule has 0 aliphatic heterocycles. The van der Waals surface area contributed by atoms with E-state index in [0.717, 1.165) is 24.9 Å². The maximum Gasteiger partial charge on any atom is 0.0848 e. The number of aromatic nitrogens is 2. The van der Waals surface area contributed by atoms with Gasteiger partial charge in [0.2, 0.25) is 0 Å². The third kappa shape index (κ3) is 3.34. The van der Waals surface area contributed by atoms with E-state index in [-0.39, 0.29) is 6.10 Å². The van der Waals surface area contributed by atoms with E-state index in [1.807, 2.05) is 10.9 Å². The average Bonchev–Trinajstić information content (AvgIpc) is 2.78. The monoisotopic (exact) mass is 224 g/mol. The molecule has 1 heterocycles. The number of hydrogen-bond acceptors (Lipinski definition) is 2. The van der Waals surface area contributed by atoms with Gasteiger partial charge in [0.1, 0.15) is 0 Å². The number of rotatable bonds is 7. The molecule has 0 aromatic carbocycles. The molecule has 1 rings (SSSR count). The average molecular weight is 224 g/mol. The van der Waals surface area contributed by atoms with Gasteiger partial charge in [-0.25, -0.2) is 0 Å². The van der Waals surface area contributed by atoms with Gasteiger partial charge in [0, 0.05) is 18.3 Å². The Morgan fingerprint density at radius 1 is 1.38 bits per heavy atom. The molecule has 0 saturated carbocycles. The lowest BCUT2D eigenvalue weighted by atomic mass is 9.90. The highest BCUT2D eigenvalue weighted by molar-refractivity contribution is 5.09. The van der Waals surface area contributed by atoms with Gasteiger partial charge in [0.15, 0.2) is 0 Å². The van der Waals surface area contributed by atoms with Crippen LogP contribution in [-0.4, -0.2) is 14.9 Å².